The van der Waals surface area contributed by atoms with Gasteiger partial charge >= 0.3 is 6.03 Å². The molecule has 1 fully saturated rings. The van der Waals surface area contributed by atoms with Crippen molar-refractivity contribution in [2.45, 2.75) is 26.4 Å². The van der Waals surface area contributed by atoms with Gasteiger partial charge in [0.15, 0.2) is 0 Å². The van der Waals surface area contributed by atoms with Gasteiger partial charge in [0.2, 0.25) is 0 Å². The molecule has 24 heavy (non-hydrogen) atoms. The number of methoxy groups -OCH3 is 1. The Bertz CT molecular complexity index is 499. The van der Waals surface area contributed by atoms with Gasteiger partial charge in [-0.2, -0.15) is 5.10 Å². The molecule has 0 aromatic carbocycles. The molecule has 2 N–H and O–H groups in total. The van der Waals surface area contributed by atoms with Crippen molar-refractivity contribution in [1.29, 1.82) is 0 Å². The fourth-order valence-corrected chi connectivity index (χ4v) is 2.80. The fourth-order valence-electron chi connectivity index (χ4n) is 2.80. The van der Waals surface area contributed by atoms with Crippen molar-refractivity contribution in [3.63, 3.8) is 0 Å². The van der Waals surface area contributed by atoms with Gasteiger partial charge in [-0.05, 0) is 13.5 Å². The summed E-state index contributed by atoms with van der Waals surface area (Å²) >= 11 is 0. The first-order valence-electron chi connectivity index (χ1n) is 8.65. The number of carbonyl (C=O) groups excluding carboxylic acids is 1. The van der Waals surface area contributed by atoms with Gasteiger partial charge in [0, 0.05) is 52.1 Å². The summed E-state index contributed by atoms with van der Waals surface area (Å²) in [6.45, 7) is 11.7. The Morgan fingerprint density at radius 1 is 1.38 bits per heavy atom. The van der Waals surface area contributed by atoms with E-state index in [-0.39, 0.29) is 6.03 Å². The summed E-state index contributed by atoms with van der Waals surface area (Å²) in [4.78, 5) is 16.9. The lowest BCUT2D eigenvalue weighted by Gasteiger charge is -2.37. The molecule has 0 spiro atoms. The van der Waals surface area contributed by atoms with E-state index in [4.69, 9.17) is 4.74 Å². The molecule has 2 amide bonds. The molecule has 0 saturated carbocycles. The van der Waals surface area contributed by atoms with Gasteiger partial charge in [-0.15, -0.1) is 0 Å². The molecular formula is C16H30N6O2. The molecular weight excluding hydrogens is 308 g/mol. The van der Waals surface area contributed by atoms with E-state index in [2.05, 4.69) is 39.4 Å². The number of carbonyl (C=O) groups is 1. The van der Waals surface area contributed by atoms with E-state index in [1.54, 1.807) is 24.2 Å². The minimum absolute atomic E-state index is 0.194. The maximum absolute atomic E-state index is 12.0. The molecule has 1 aliphatic rings. The highest BCUT2D eigenvalue weighted by Gasteiger charge is 2.20. The average molecular weight is 338 g/mol. The van der Waals surface area contributed by atoms with Crippen LogP contribution in [0.1, 0.15) is 13.8 Å². The van der Waals surface area contributed by atoms with Gasteiger partial charge < -0.3 is 20.3 Å². The molecule has 1 aromatic rings. The van der Waals surface area contributed by atoms with Crippen LogP contribution in [0.3, 0.4) is 0 Å². The van der Waals surface area contributed by atoms with Crippen LogP contribution in [0.25, 0.3) is 0 Å². The number of nitrogens with zero attached hydrogens (tertiary/aromatic N) is 4. The van der Waals surface area contributed by atoms with Crippen LogP contribution in [0.4, 0.5) is 10.5 Å². The van der Waals surface area contributed by atoms with Gasteiger partial charge in [-0.1, -0.05) is 6.92 Å². The fraction of sp³-hybridized carbons (Fsp3) is 0.750. The molecule has 136 valence electrons. The van der Waals surface area contributed by atoms with Gasteiger partial charge in [-0.3, -0.25) is 9.58 Å². The van der Waals surface area contributed by atoms with Crippen LogP contribution in [0.2, 0.25) is 0 Å². The Labute approximate surface area is 144 Å². The second-order valence-corrected chi connectivity index (χ2v) is 6.14. The minimum Gasteiger partial charge on any atom is -0.383 e. The number of likely N-dealkylation sites (N-methyl/N-ethyl adjacent to an activating group) is 1. The highest BCUT2D eigenvalue weighted by Crippen LogP contribution is 2.06. The largest absolute Gasteiger partial charge is 0.383 e. The molecule has 8 nitrogen and oxygen atoms in total. The van der Waals surface area contributed by atoms with Crippen molar-refractivity contribution in [2.75, 3.05) is 58.3 Å². The standard InChI is InChI=1S/C16H30N6O2/c1-4-20-5-7-21(8-6-20)14(2)11-17-16(23)19-15-12-18-22(13-15)9-10-24-3/h12-14H,4-11H2,1-3H3,(H2,17,19,23). The Morgan fingerprint density at radius 2 is 2.12 bits per heavy atom. The molecule has 1 aromatic heterocycles. The zero-order valence-electron chi connectivity index (χ0n) is 15.0. The summed E-state index contributed by atoms with van der Waals surface area (Å²) < 4.78 is 6.75. The number of amides is 2. The molecule has 1 aliphatic heterocycles. The Balaban J connectivity index is 1.68. The van der Waals surface area contributed by atoms with Crippen LogP contribution < -0.4 is 10.6 Å². The predicted octanol–water partition coefficient (Wildman–Crippen LogP) is 0.677. The number of aromatic nitrogens is 2. The van der Waals surface area contributed by atoms with E-state index in [9.17, 15) is 4.79 Å². The van der Waals surface area contributed by atoms with Crippen LogP contribution in [-0.2, 0) is 11.3 Å². The topological polar surface area (TPSA) is 74.7 Å². The molecule has 0 aliphatic carbocycles. The molecule has 2 rings (SSSR count). The Morgan fingerprint density at radius 3 is 2.79 bits per heavy atom. The first kappa shape index (κ1) is 18.7. The third-order valence-corrected chi connectivity index (χ3v) is 4.45. The third-order valence-electron chi connectivity index (χ3n) is 4.45. The lowest BCUT2D eigenvalue weighted by molar-refractivity contribution is 0.106. The van der Waals surface area contributed by atoms with Crippen LogP contribution in [0.15, 0.2) is 12.4 Å². The van der Waals surface area contributed by atoms with Crippen molar-refractivity contribution in [2.24, 2.45) is 0 Å². The summed E-state index contributed by atoms with van der Waals surface area (Å²) in [7, 11) is 1.65. The van der Waals surface area contributed by atoms with Crippen molar-refractivity contribution in [3.8, 4) is 0 Å². The van der Waals surface area contributed by atoms with Crippen LogP contribution in [0, 0.1) is 0 Å². The van der Waals surface area contributed by atoms with E-state index in [1.165, 1.54) is 0 Å². The number of nitrogens with one attached hydrogen (secondary N) is 2. The summed E-state index contributed by atoms with van der Waals surface area (Å²) in [6.07, 6.45) is 3.44. The number of hydrogen-bond donors (Lipinski definition) is 2. The number of rotatable bonds is 8. The predicted molar refractivity (Wildman–Crippen MR) is 94.3 cm³/mol. The first-order chi connectivity index (χ1) is 11.6. The summed E-state index contributed by atoms with van der Waals surface area (Å²) in [6, 6.07) is 0.138. The SMILES string of the molecule is CCN1CCN(C(C)CNC(=O)Nc2cnn(CCOC)c2)CC1. The minimum atomic E-state index is -0.194. The highest BCUT2D eigenvalue weighted by atomic mass is 16.5. The lowest BCUT2D eigenvalue weighted by Crippen LogP contribution is -2.52. The molecule has 1 atom stereocenters. The zero-order chi connectivity index (χ0) is 17.4. The summed E-state index contributed by atoms with van der Waals surface area (Å²) in [5, 5.41) is 9.92. The highest BCUT2D eigenvalue weighted by molar-refractivity contribution is 5.88. The van der Waals surface area contributed by atoms with Crippen molar-refractivity contribution < 1.29 is 9.53 Å². The van der Waals surface area contributed by atoms with Crippen molar-refractivity contribution in [3.05, 3.63) is 12.4 Å². The molecule has 2 heterocycles. The molecule has 1 unspecified atom stereocenters. The zero-order valence-corrected chi connectivity index (χ0v) is 15.0. The normalized spacial score (nSPS) is 17.6. The quantitative estimate of drug-likeness (QED) is 0.729. The summed E-state index contributed by atoms with van der Waals surface area (Å²) in [5.41, 5.74) is 0.688. The number of urea groups is 1. The van der Waals surface area contributed by atoms with Crippen molar-refractivity contribution >= 4 is 11.7 Å². The first-order valence-corrected chi connectivity index (χ1v) is 8.65. The van der Waals surface area contributed by atoms with E-state index in [0.717, 1.165) is 32.7 Å². The molecule has 1 saturated heterocycles. The van der Waals surface area contributed by atoms with E-state index in [0.29, 0.717) is 31.4 Å². The van der Waals surface area contributed by atoms with Gasteiger partial charge in [0.25, 0.3) is 0 Å². The van der Waals surface area contributed by atoms with E-state index < -0.39 is 0 Å². The van der Waals surface area contributed by atoms with Gasteiger partial charge in [0.05, 0.1) is 25.0 Å². The van der Waals surface area contributed by atoms with E-state index >= 15 is 0 Å². The Kier molecular flexibility index (Phi) is 7.48. The summed E-state index contributed by atoms with van der Waals surface area (Å²) in [5.74, 6) is 0. The number of piperazine rings is 1. The molecule has 0 bridgehead atoms. The monoisotopic (exact) mass is 338 g/mol. The third kappa shape index (κ3) is 5.77. The van der Waals surface area contributed by atoms with Crippen LogP contribution >= 0.6 is 0 Å². The van der Waals surface area contributed by atoms with Gasteiger partial charge in [0.1, 0.15) is 0 Å². The number of hydrogen-bond acceptors (Lipinski definition) is 5. The second kappa shape index (κ2) is 9.61. The second-order valence-electron chi connectivity index (χ2n) is 6.14. The maximum Gasteiger partial charge on any atom is 0.319 e. The van der Waals surface area contributed by atoms with Gasteiger partial charge in [-0.25, -0.2) is 4.79 Å². The lowest BCUT2D eigenvalue weighted by atomic mass is 10.2. The van der Waals surface area contributed by atoms with E-state index in [1.807, 2.05) is 0 Å². The average Bonchev–Trinajstić information content (AvgIpc) is 3.05. The van der Waals surface area contributed by atoms with Crippen LogP contribution in [0.5, 0.6) is 0 Å². The molecule has 8 heteroatoms. The Hall–Kier alpha value is -1.64. The number of ether oxygens (including phenoxy) is 1. The molecule has 0 radical (unpaired) electrons. The smallest absolute Gasteiger partial charge is 0.319 e. The number of anilines is 1. The van der Waals surface area contributed by atoms with Crippen LogP contribution in [-0.4, -0.2) is 84.6 Å². The van der Waals surface area contributed by atoms with Crippen molar-refractivity contribution in [1.82, 2.24) is 24.9 Å². The maximum atomic E-state index is 12.0.